The molecule has 3 rings (SSSR count). The van der Waals surface area contributed by atoms with Crippen LogP contribution in [0.3, 0.4) is 0 Å². The Bertz CT molecular complexity index is 520. The summed E-state index contributed by atoms with van der Waals surface area (Å²) < 4.78 is 0. The Morgan fingerprint density at radius 3 is 1.73 bits per heavy atom. The Morgan fingerprint density at radius 2 is 1.27 bits per heavy atom. The first-order valence-electron chi connectivity index (χ1n) is 8.02. The van der Waals surface area contributed by atoms with Gasteiger partial charge in [-0.1, -0.05) is 60.7 Å². The van der Waals surface area contributed by atoms with E-state index in [-0.39, 0.29) is 12.3 Å². The summed E-state index contributed by atoms with van der Waals surface area (Å²) in [5.74, 6) is 0. The first-order valence-corrected chi connectivity index (χ1v) is 8.02. The van der Waals surface area contributed by atoms with Crippen molar-refractivity contribution < 1.29 is 0 Å². The van der Waals surface area contributed by atoms with E-state index in [0.717, 1.165) is 13.1 Å². The second-order valence-electron chi connectivity index (χ2n) is 6.11. The van der Waals surface area contributed by atoms with Crippen LogP contribution in [0.2, 0.25) is 0 Å². The topological polar surface area (TPSA) is 18.5 Å². The first-order chi connectivity index (χ1) is 10.8. The molecule has 0 aliphatic carbocycles. The molecule has 1 N–H and O–H groups in total. The summed E-state index contributed by atoms with van der Waals surface area (Å²) in [4.78, 5) is 4.78. The smallest absolute Gasteiger partial charge is 0.117 e. The van der Waals surface area contributed by atoms with Crippen molar-refractivity contribution in [2.45, 2.75) is 18.8 Å². The highest BCUT2D eigenvalue weighted by Gasteiger charge is 2.27. The van der Waals surface area contributed by atoms with Crippen LogP contribution in [0.15, 0.2) is 60.7 Å². The molecule has 0 amide bonds. The predicted octanol–water partition coefficient (Wildman–Crippen LogP) is 2.92. The van der Waals surface area contributed by atoms with Crippen molar-refractivity contribution in [3.05, 3.63) is 71.8 Å². The van der Waals surface area contributed by atoms with Crippen molar-refractivity contribution in [3.63, 3.8) is 0 Å². The Labute approximate surface area is 133 Å². The minimum Gasteiger partial charge on any atom is -0.279 e. The zero-order valence-corrected chi connectivity index (χ0v) is 13.4. The van der Waals surface area contributed by atoms with Crippen molar-refractivity contribution in [1.29, 1.82) is 0 Å². The largest absolute Gasteiger partial charge is 0.279 e. The fourth-order valence-corrected chi connectivity index (χ4v) is 3.23. The summed E-state index contributed by atoms with van der Waals surface area (Å²) in [5.41, 5.74) is 2.61. The summed E-state index contributed by atoms with van der Waals surface area (Å²) in [6.45, 7) is 2.27. The molecule has 3 nitrogen and oxygen atoms in total. The minimum absolute atomic E-state index is 0.204. The van der Waals surface area contributed by atoms with Gasteiger partial charge in [0.2, 0.25) is 0 Å². The zero-order chi connectivity index (χ0) is 15.4. The molecular formula is C19H25N3. The van der Waals surface area contributed by atoms with Crippen LogP contribution in [0, 0.1) is 0 Å². The molecule has 1 saturated heterocycles. The number of nitrogens with one attached hydrogen (secondary N) is 1. The van der Waals surface area contributed by atoms with Gasteiger partial charge >= 0.3 is 0 Å². The van der Waals surface area contributed by atoms with E-state index in [4.69, 9.17) is 0 Å². The van der Waals surface area contributed by atoms with Crippen LogP contribution in [0.4, 0.5) is 0 Å². The number of hydrogen-bond acceptors (Lipinski definition) is 3. The molecular weight excluding hydrogens is 270 g/mol. The highest BCUT2D eigenvalue weighted by molar-refractivity contribution is 5.31. The quantitative estimate of drug-likeness (QED) is 0.935. The van der Waals surface area contributed by atoms with Gasteiger partial charge in [0.1, 0.15) is 6.29 Å². The summed E-state index contributed by atoms with van der Waals surface area (Å²) in [6, 6.07) is 21.6. The maximum absolute atomic E-state index is 3.84. The number of hydrogen-bond donors (Lipinski definition) is 1. The Balaban J connectivity index is 1.89. The molecule has 2 aromatic rings. The molecule has 1 aliphatic rings. The van der Waals surface area contributed by atoms with Crippen molar-refractivity contribution in [2.24, 2.45) is 0 Å². The van der Waals surface area contributed by atoms with E-state index in [1.165, 1.54) is 17.5 Å². The van der Waals surface area contributed by atoms with Crippen LogP contribution < -0.4 is 5.32 Å². The Hall–Kier alpha value is -1.68. The molecule has 3 heteroatoms. The molecule has 0 spiro atoms. The van der Waals surface area contributed by atoms with Gasteiger partial charge in [-0.2, -0.15) is 0 Å². The fourth-order valence-electron chi connectivity index (χ4n) is 3.23. The van der Waals surface area contributed by atoms with E-state index < -0.39 is 0 Å². The molecule has 0 aromatic heterocycles. The third-order valence-electron chi connectivity index (χ3n) is 4.44. The zero-order valence-electron chi connectivity index (χ0n) is 13.4. The number of rotatable bonds is 4. The lowest BCUT2D eigenvalue weighted by Gasteiger charge is -2.42. The maximum Gasteiger partial charge on any atom is 0.117 e. The molecule has 0 bridgehead atoms. The van der Waals surface area contributed by atoms with Gasteiger partial charge in [0, 0.05) is 13.1 Å². The van der Waals surface area contributed by atoms with Crippen molar-refractivity contribution in [2.75, 3.05) is 27.2 Å². The van der Waals surface area contributed by atoms with Crippen LogP contribution in [0.1, 0.15) is 23.6 Å². The molecule has 0 atom stereocenters. The van der Waals surface area contributed by atoms with Gasteiger partial charge in [0.15, 0.2) is 0 Å². The van der Waals surface area contributed by atoms with E-state index >= 15 is 0 Å². The lowest BCUT2D eigenvalue weighted by Crippen LogP contribution is -2.58. The standard InChI is InChI=1S/C19H25N3/c1-21-14-9-15-22(2)19(21)20-18(16-10-5-3-6-11-16)17-12-7-4-8-13-17/h3-8,10-13,18-20H,9,14-15H2,1-2H3. The number of nitrogens with zero attached hydrogens (tertiary/aromatic N) is 2. The Kier molecular flexibility index (Phi) is 4.88. The third kappa shape index (κ3) is 3.38. The van der Waals surface area contributed by atoms with Crippen LogP contribution >= 0.6 is 0 Å². The normalized spacial score (nSPS) is 18.0. The highest BCUT2D eigenvalue weighted by Crippen LogP contribution is 2.24. The van der Waals surface area contributed by atoms with E-state index in [2.05, 4.69) is 89.9 Å². The molecule has 0 saturated carbocycles. The molecule has 2 aromatic carbocycles. The molecule has 22 heavy (non-hydrogen) atoms. The van der Waals surface area contributed by atoms with Gasteiger partial charge in [0.25, 0.3) is 0 Å². The van der Waals surface area contributed by atoms with Gasteiger partial charge in [0.05, 0.1) is 6.04 Å². The Morgan fingerprint density at radius 1 is 0.818 bits per heavy atom. The van der Waals surface area contributed by atoms with Gasteiger partial charge in [-0.05, 0) is 31.6 Å². The van der Waals surface area contributed by atoms with Gasteiger partial charge < -0.3 is 0 Å². The molecule has 1 fully saturated rings. The van der Waals surface area contributed by atoms with Crippen LogP contribution in [-0.4, -0.2) is 43.3 Å². The van der Waals surface area contributed by atoms with Gasteiger partial charge in [-0.25, -0.2) is 0 Å². The van der Waals surface area contributed by atoms with Crippen LogP contribution in [-0.2, 0) is 0 Å². The molecule has 0 unspecified atom stereocenters. The van der Waals surface area contributed by atoms with E-state index in [1.807, 2.05) is 0 Å². The lowest BCUT2D eigenvalue weighted by molar-refractivity contribution is 0.0123. The highest BCUT2D eigenvalue weighted by atomic mass is 15.5. The second kappa shape index (κ2) is 7.05. The fraction of sp³-hybridized carbons (Fsp3) is 0.368. The van der Waals surface area contributed by atoms with E-state index in [1.54, 1.807) is 0 Å². The molecule has 1 aliphatic heterocycles. The third-order valence-corrected chi connectivity index (χ3v) is 4.44. The van der Waals surface area contributed by atoms with E-state index in [9.17, 15) is 0 Å². The first kappa shape index (κ1) is 15.2. The van der Waals surface area contributed by atoms with Crippen molar-refractivity contribution in [1.82, 2.24) is 15.1 Å². The van der Waals surface area contributed by atoms with Crippen LogP contribution in [0.5, 0.6) is 0 Å². The van der Waals surface area contributed by atoms with Crippen molar-refractivity contribution in [3.8, 4) is 0 Å². The summed E-state index contributed by atoms with van der Waals surface area (Å²) >= 11 is 0. The van der Waals surface area contributed by atoms with Crippen LogP contribution in [0.25, 0.3) is 0 Å². The van der Waals surface area contributed by atoms with Gasteiger partial charge in [-0.3, -0.25) is 15.1 Å². The summed E-state index contributed by atoms with van der Waals surface area (Å²) in [5, 5.41) is 3.84. The molecule has 1 heterocycles. The number of benzene rings is 2. The predicted molar refractivity (Wildman–Crippen MR) is 91.5 cm³/mol. The SMILES string of the molecule is CN1CCCN(C)C1NC(c1ccccc1)c1ccccc1. The average Bonchev–Trinajstić information content (AvgIpc) is 2.56. The second-order valence-corrected chi connectivity index (χ2v) is 6.11. The summed E-state index contributed by atoms with van der Waals surface area (Å²) in [6.07, 6.45) is 1.49. The average molecular weight is 295 g/mol. The van der Waals surface area contributed by atoms with Gasteiger partial charge in [-0.15, -0.1) is 0 Å². The lowest BCUT2D eigenvalue weighted by atomic mass is 9.98. The maximum atomic E-state index is 3.84. The van der Waals surface area contributed by atoms with Crippen molar-refractivity contribution >= 4 is 0 Å². The molecule has 0 radical (unpaired) electrons. The van der Waals surface area contributed by atoms with E-state index in [0.29, 0.717) is 0 Å². The minimum atomic E-state index is 0.204. The molecule has 116 valence electrons. The monoisotopic (exact) mass is 295 g/mol. The summed E-state index contributed by atoms with van der Waals surface area (Å²) in [7, 11) is 4.39.